The molecule has 150 valence electrons. The molecule has 0 N–H and O–H groups in total. The number of hydrogen-bond acceptors (Lipinski definition) is 2. The highest BCUT2D eigenvalue weighted by Gasteiger charge is 2.38. The number of carbonyl (C=O) groups excluding carboxylic acids is 1. The fourth-order valence-electron chi connectivity index (χ4n) is 2.96. The van der Waals surface area contributed by atoms with Crippen molar-refractivity contribution in [3.63, 3.8) is 0 Å². The predicted molar refractivity (Wildman–Crippen MR) is 114 cm³/mol. The average molecular weight is 371 g/mol. The first-order valence-electron chi connectivity index (χ1n) is 10.9. The molecular formula is C22H46O2Si. The summed E-state index contributed by atoms with van der Waals surface area (Å²) in [6.45, 7) is 14.0. The van der Waals surface area contributed by atoms with Crippen molar-refractivity contribution in [2.75, 3.05) is 0 Å². The lowest BCUT2D eigenvalue weighted by Crippen LogP contribution is -2.44. The van der Waals surface area contributed by atoms with Crippen molar-refractivity contribution in [2.24, 2.45) is 0 Å². The van der Waals surface area contributed by atoms with Crippen molar-refractivity contribution in [3.05, 3.63) is 0 Å². The van der Waals surface area contributed by atoms with Gasteiger partial charge in [0.1, 0.15) is 6.29 Å². The smallest absolute Gasteiger partial charge is 0.192 e. The van der Waals surface area contributed by atoms with Crippen LogP contribution < -0.4 is 0 Å². The predicted octanol–water partition coefficient (Wildman–Crippen LogP) is 7.67. The van der Waals surface area contributed by atoms with Crippen LogP contribution in [-0.2, 0) is 9.22 Å². The molecule has 0 saturated carbocycles. The molecular weight excluding hydrogens is 324 g/mol. The number of carbonyl (C=O) groups is 1. The highest BCUT2D eigenvalue weighted by atomic mass is 28.4. The number of aldehydes is 1. The Labute approximate surface area is 159 Å². The lowest BCUT2D eigenvalue weighted by atomic mass is 10.0. The summed E-state index contributed by atoms with van der Waals surface area (Å²) in [6.07, 6.45) is 17.5. The first-order valence-corrected chi connectivity index (χ1v) is 13.8. The minimum absolute atomic E-state index is 0.288. The molecule has 0 radical (unpaired) electrons. The Balaban J connectivity index is 4.28. The molecule has 25 heavy (non-hydrogen) atoms. The van der Waals surface area contributed by atoms with Gasteiger partial charge in [0.25, 0.3) is 0 Å². The van der Waals surface area contributed by atoms with Gasteiger partial charge in [-0.15, -0.1) is 0 Å². The molecule has 0 amide bonds. The van der Waals surface area contributed by atoms with Crippen LogP contribution >= 0.6 is 0 Å². The summed E-state index contributed by atoms with van der Waals surface area (Å²) in [4.78, 5) is 10.4. The van der Waals surface area contributed by atoms with Crippen LogP contribution in [0, 0.1) is 0 Å². The van der Waals surface area contributed by atoms with E-state index in [9.17, 15) is 4.79 Å². The van der Waals surface area contributed by atoms with Crippen molar-refractivity contribution in [1.29, 1.82) is 0 Å². The minimum atomic E-state index is -1.68. The number of unbranched alkanes of at least 4 members (excludes halogenated alkanes) is 9. The zero-order chi connectivity index (χ0) is 19.2. The minimum Gasteiger partial charge on any atom is -0.414 e. The van der Waals surface area contributed by atoms with Gasteiger partial charge in [-0.1, -0.05) is 85.5 Å². The highest BCUT2D eigenvalue weighted by molar-refractivity contribution is 6.74. The summed E-state index contributed by atoms with van der Waals surface area (Å²) in [5, 5.41) is 0.288. The number of hydrogen-bond donors (Lipinski definition) is 0. The van der Waals surface area contributed by atoms with E-state index in [1.165, 1.54) is 70.6 Å². The van der Waals surface area contributed by atoms with Crippen molar-refractivity contribution < 1.29 is 9.22 Å². The Hall–Kier alpha value is -0.153. The summed E-state index contributed by atoms with van der Waals surface area (Å²) in [7, 11) is -1.68. The third-order valence-corrected chi connectivity index (χ3v) is 10.3. The Morgan fingerprint density at radius 2 is 1.32 bits per heavy atom. The largest absolute Gasteiger partial charge is 0.414 e. The molecule has 0 aromatic carbocycles. The van der Waals surface area contributed by atoms with Gasteiger partial charge in [0, 0.05) is 12.5 Å². The van der Waals surface area contributed by atoms with Gasteiger partial charge in [-0.3, -0.25) is 0 Å². The lowest BCUT2D eigenvalue weighted by molar-refractivity contribution is -0.107. The van der Waals surface area contributed by atoms with Crippen LogP contribution in [0.1, 0.15) is 111 Å². The van der Waals surface area contributed by atoms with Gasteiger partial charge in [0.05, 0.1) is 0 Å². The molecule has 0 spiro atoms. The zero-order valence-electron chi connectivity index (χ0n) is 18.2. The molecule has 1 atom stereocenters. The summed E-state index contributed by atoms with van der Waals surface area (Å²) < 4.78 is 6.74. The maximum absolute atomic E-state index is 10.4. The van der Waals surface area contributed by atoms with E-state index in [2.05, 4.69) is 40.8 Å². The first-order chi connectivity index (χ1) is 11.7. The van der Waals surface area contributed by atoms with E-state index in [1.807, 2.05) is 0 Å². The molecule has 0 unspecified atom stereocenters. The molecule has 0 rings (SSSR count). The second-order valence-corrected chi connectivity index (χ2v) is 14.0. The zero-order valence-corrected chi connectivity index (χ0v) is 19.2. The van der Waals surface area contributed by atoms with Crippen LogP contribution in [0.4, 0.5) is 0 Å². The third kappa shape index (κ3) is 12.8. The Bertz CT molecular complexity index is 320. The maximum Gasteiger partial charge on any atom is 0.192 e. The summed E-state index contributed by atoms with van der Waals surface area (Å²) in [5.74, 6) is 0. The summed E-state index contributed by atoms with van der Waals surface area (Å²) in [5.41, 5.74) is 0. The SMILES string of the molecule is CCCCCCCC[C@H](CCCCCCC=O)O[Si](C)(C)C(C)(C)C. The van der Waals surface area contributed by atoms with Crippen molar-refractivity contribution in [2.45, 2.75) is 135 Å². The molecule has 2 nitrogen and oxygen atoms in total. The Morgan fingerprint density at radius 1 is 0.840 bits per heavy atom. The molecule has 3 heteroatoms. The van der Waals surface area contributed by atoms with E-state index in [0.717, 1.165) is 19.1 Å². The van der Waals surface area contributed by atoms with Gasteiger partial charge in [0.15, 0.2) is 8.32 Å². The summed E-state index contributed by atoms with van der Waals surface area (Å²) >= 11 is 0. The normalized spacial score (nSPS) is 13.8. The lowest BCUT2D eigenvalue weighted by Gasteiger charge is -2.39. The van der Waals surface area contributed by atoms with E-state index in [4.69, 9.17) is 4.43 Å². The Kier molecular flexibility index (Phi) is 13.9. The average Bonchev–Trinajstić information content (AvgIpc) is 2.52. The molecule has 0 saturated heterocycles. The molecule has 0 aromatic rings. The first kappa shape index (κ1) is 24.8. The van der Waals surface area contributed by atoms with E-state index < -0.39 is 8.32 Å². The van der Waals surface area contributed by atoms with E-state index in [1.54, 1.807) is 0 Å². The van der Waals surface area contributed by atoms with Crippen molar-refractivity contribution in [3.8, 4) is 0 Å². The maximum atomic E-state index is 10.4. The van der Waals surface area contributed by atoms with Crippen LogP contribution in [0.5, 0.6) is 0 Å². The highest BCUT2D eigenvalue weighted by Crippen LogP contribution is 2.38. The summed E-state index contributed by atoms with van der Waals surface area (Å²) in [6, 6.07) is 0. The van der Waals surface area contributed by atoms with Crippen LogP contribution in [0.15, 0.2) is 0 Å². The van der Waals surface area contributed by atoms with Gasteiger partial charge < -0.3 is 9.22 Å². The fraction of sp³-hybridized carbons (Fsp3) is 0.955. The van der Waals surface area contributed by atoms with E-state index in [-0.39, 0.29) is 5.04 Å². The second kappa shape index (κ2) is 14.0. The van der Waals surface area contributed by atoms with Gasteiger partial charge in [-0.2, -0.15) is 0 Å². The standard InChI is InChI=1S/C22H46O2Si/c1-7-8-9-10-12-15-18-21(19-16-13-11-14-17-20-23)24-25(5,6)22(2,3)4/h20-21H,7-19H2,1-6H3/t21-/m1/s1. The van der Waals surface area contributed by atoms with Crippen LogP contribution in [0.3, 0.4) is 0 Å². The molecule has 0 aromatic heterocycles. The van der Waals surface area contributed by atoms with Crippen LogP contribution in [-0.4, -0.2) is 20.7 Å². The van der Waals surface area contributed by atoms with Crippen LogP contribution in [0.25, 0.3) is 0 Å². The Morgan fingerprint density at radius 3 is 1.80 bits per heavy atom. The van der Waals surface area contributed by atoms with E-state index >= 15 is 0 Å². The molecule has 0 heterocycles. The number of rotatable bonds is 16. The molecule has 0 fully saturated rings. The molecule has 0 aliphatic carbocycles. The third-order valence-electron chi connectivity index (χ3n) is 5.75. The molecule has 0 aliphatic rings. The monoisotopic (exact) mass is 370 g/mol. The van der Waals surface area contributed by atoms with Crippen LogP contribution in [0.2, 0.25) is 18.1 Å². The van der Waals surface area contributed by atoms with Crippen molar-refractivity contribution in [1.82, 2.24) is 0 Å². The topological polar surface area (TPSA) is 26.3 Å². The fourth-order valence-corrected chi connectivity index (χ4v) is 4.38. The van der Waals surface area contributed by atoms with E-state index in [0.29, 0.717) is 6.10 Å². The second-order valence-electron chi connectivity index (χ2n) is 9.21. The van der Waals surface area contributed by atoms with Gasteiger partial charge in [-0.05, 0) is 37.4 Å². The van der Waals surface area contributed by atoms with Gasteiger partial charge in [-0.25, -0.2) is 0 Å². The van der Waals surface area contributed by atoms with Gasteiger partial charge >= 0.3 is 0 Å². The van der Waals surface area contributed by atoms with Crippen molar-refractivity contribution >= 4 is 14.6 Å². The van der Waals surface area contributed by atoms with Gasteiger partial charge in [0.2, 0.25) is 0 Å². The molecule has 0 aliphatic heterocycles. The molecule has 0 bridgehead atoms. The quantitative estimate of drug-likeness (QED) is 0.158.